The highest BCUT2D eigenvalue weighted by Crippen LogP contribution is 2.20. The fourth-order valence-electron chi connectivity index (χ4n) is 1.48. The maximum Gasteiger partial charge on any atom is 0.390 e. The van der Waals surface area contributed by atoms with Crippen molar-refractivity contribution in [3.05, 3.63) is 11.7 Å². The Labute approximate surface area is 121 Å². The number of carbonyl (C=O) groups is 1. The quantitative estimate of drug-likeness (QED) is 0.839. The van der Waals surface area contributed by atoms with Crippen LogP contribution in [0.5, 0.6) is 0 Å². The Kier molecular flexibility index (Phi) is 5.36. The first kappa shape index (κ1) is 17.5. The van der Waals surface area contributed by atoms with Gasteiger partial charge in [0.15, 0.2) is 5.82 Å². The molecule has 1 heterocycles. The topological polar surface area (TPSA) is 59.2 Å². The second-order valence-corrected chi connectivity index (χ2v) is 5.94. The number of alkyl halides is 3. The summed E-state index contributed by atoms with van der Waals surface area (Å²) in [5.74, 6) is 0.475. The summed E-state index contributed by atoms with van der Waals surface area (Å²) < 4.78 is 41.2. The van der Waals surface area contributed by atoms with Crippen LogP contribution >= 0.6 is 0 Å². The lowest BCUT2D eigenvalue weighted by Crippen LogP contribution is -2.30. The standard InChI is InChI=1S/C13H20F3N3O2/c1-12(2,3)11-17-9(21-18-11)5-6-10(20)19(4)8-7-13(14,15)16/h5-8H2,1-4H3. The van der Waals surface area contributed by atoms with Crippen molar-refractivity contribution in [3.63, 3.8) is 0 Å². The van der Waals surface area contributed by atoms with Crippen LogP contribution in [0, 0.1) is 0 Å². The third-order valence-corrected chi connectivity index (χ3v) is 2.85. The number of hydrogen-bond acceptors (Lipinski definition) is 4. The Hall–Kier alpha value is -1.60. The zero-order chi connectivity index (χ0) is 16.3. The average Bonchev–Trinajstić information content (AvgIpc) is 2.80. The molecule has 1 aromatic rings. The lowest BCUT2D eigenvalue weighted by atomic mass is 9.96. The van der Waals surface area contributed by atoms with E-state index in [1.54, 1.807) is 0 Å². The molecular formula is C13H20F3N3O2. The van der Waals surface area contributed by atoms with E-state index in [1.807, 2.05) is 20.8 Å². The van der Waals surface area contributed by atoms with Crippen LogP contribution in [0.15, 0.2) is 4.52 Å². The fraction of sp³-hybridized carbons (Fsp3) is 0.769. The predicted octanol–water partition coefficient (Wildman–Crippen LogP) is 2.71. The molecule has 0 atom stereocenters. The molecule has 0 aliphatic carbocycles. The molecule has 0 spiro atoms. The predicted molar refractivity (Wildman–Crippen MR) is 69.6 cm³/mol. The average molecular weight is 307 g/mol. The van der Waals surface area contributed by atoms with Crippen molar-refractivity contribution in [2.45, 2.75) is 51.6 Å². The van der Waals surface area contributed by atoms with Crippen molar-refractivity contribution in [1.29, 1.82) is 0 Å². The van der Waals surface area contributed by atoms with Gasteiger partial charge in [-0.15, -0.1) is 0 Å². The summed E-state index contributed by atoms with van der Waals surface area (Å²) in [6.07, 6.45) is -5.01. The van der Waals surface area contributed by atoms with Crippen LogP contribution < -0.4 is 0 Å². The van der Waals surface area contributed by atoms with Crippen molar-refractivity contribution in [2.75, 3.05) is 13.6 Å². The highest BCUT2D eigenvalue weighted by atomic mass is 19.4. The first-order valence-corrected chi connectivity index (χ1v) is 6.63. The second kappa shape index (κ2) is 6.44. The minimum absolute atomic E-state index is 0.0418. The van der Waals surface area contributed by atoms with E-state index in [9.17, 15) is 18.0 Å². The van der Waals surface area contributed by atoms with E-state index in [0.29, 0.717) is 11.7 Å². The molecule has 0 unspecified atom stereocenters. The lowest BCUT2D eigenvalue weighted by molar-refractivity contribution is -0.144. The van der Waals surface area contributed by atoms with Gasteiger partial charge in [-0.05, 0) is 0 Å². The molecule has 0 saturated heterocycles. The number of nitrogens with zero attached hydrogens (tertiary/aromatic N) is 3. The van der Waals surface area contributed by atoms with Gasteiger partial charge in [0.25, 0.3) is 0 Å². The molecule has 0 fully saturated rings. The fourth-order valence-corrected chi connectivity index (χ4v) is 1.48. The SMILES string of the molecule is CN(CCC(F)(F)F)C(=O)CCc1nc(C(C)(C)C)no1. The number of carbonyl (C=O) groups excluding carboxylic acids is 1. The van der Waals surface area contributed by atoms with Crippen molar-refractivity contribution in [1.82, 2.24) is 15.0 Å². The molecule has 0 aromatic carbocycles. The minimum Gasteiger partial charge on any atom is -0.345 e. The molecule has 0 N–H and O–H groups in total. The van der Waals surface area contributed by atoms with Crippen LogP contribution in [0.2, 0.25) is 0 Å². The molecule has 120 valence electrons. The Morgan fingerprint density at radius 2 is 1.90 bits per heavy atom. The molecule has 5 nitrogen and oxygen atoms in total. The van der Waals surface area contributed by atoms with E-state index in [4.69, 9.17) is 4.52 Å². The Balaban J connectivity index is 2.44. The molecule has 0 bridgehead atoms. The monoisotopic (exact) mass is 307 g/mol. The summed E-state index contributed by atoms with van der Waals surface area (Å²) >= 11 is 0. The molecule has 1 aromatic heterocycles. The maximum absolute atomic E-state index is 12.1. The third kappa shape index (κ3) is 6.14. The van der Waals surface area contributed by atoms with Gasteiger partial charge in [0.1, 0.15) is 0 Å². The third-order valence-electron chi connectivity index (χ3n) is 2.85. The number of halogens is 3. The highest BCUT2D eigenvalue weighted by Gasteiger charge is 2.28. The van der Waals surface area contributed by atoms with Gasteiger partial charge in [0.05, 0.1) is 6.42 Å². The molecule has 0 aliphatic rings. The molecule has 8 heteroatoms. The number of rotatable bonds is 5. The van der Waals surface area contributed by atoms with Gasteiger partial charge in [-0.2, -0.15) is 18.2 Å². The summed E-state index contributed by atoms with van der Waals surface area (Å²) in [6, 6.07) is 0. The van der Waals surface area contributed by atoms with Gasteiger partial charge in [0.2, 0.25) is 11.8 Å². The van der Waals surface area contributed by atoms with Gasteiger partial charge in [-0.1, -0.05) is 25.9 Å². The van der Waals surface area contributed by atoms with Gasteiger partial charge in [0, 0.05) is 31.8 Å². The van der Waals surface area contributed by atoms with E-state index in [2.05, 4.69) is 10.1 Å². The van der Waals surface area contributed by atoms with E-state index < -0.39 is 12.6 Å². The van der Waals surface area contributed by atoms with E-state index >= 15 is 0 Å². The summed E-state index contributed by atoms with van der Waals surface area (Å²) in [5, 5.41) is 3.82. The molecule has 0 aliphatic heterocycles. The van der Waals surface area contributed by atoms with Gasteiger partial charge < -0.3 is 9.42 Å². The summed E-state index contributed by atoms with van der Waals surface area (Å²) in [5.41, 5.74) is -0.255. The van der Waals surface area contributed by atoms with E-state index in [0.717, 1.165) is 4.90 Å². The van der Waals surface area contributed by atoms with Crippen LogP contribution in [-0.4, -0.2) is 40.7 Å². The second-order valence-electron chi connectivity index (χ2n) is 5.94. The highest BCUT2D eigenvalue weighted by molar-refractivity contribution is 5.75. The van der Waals surface area contributed by atoms with Crippen LogP contribution in [0.1, 0.15) is 45.3 Å². The molecule has 0 radical (unpaired) electrons. The van der Waals surface area contributed by atoms with Crippen molar-refractivity contribution in [2.24, 2.45) is 0 Å². The van der Waals surface area contributed by atoms with Crippen molar-refractivity contribution in [3.8, 4) is 0 Å². The van der Waals surface area contributed by atoms with Crippen molar-refractivity contribution < 1.29 is 22.5 Å². The first-order chi connectivity index (χ1) is 9.49. The van der Waals surface area contributed by atoms with E-state index in [1.165, 1.54) is 7.05 Å². The van der Waals surface area contributed by atoms with Gasteiger partial charge in [-0.25, -0.2) is 0 Å². The van der Waals surface area contributed by atoms with Crippen molar-refractivity contribution >= 4 is 5.91 Å². The summed E-state index contributed by atoms with van der Waals surface area (Å²) in [4.78, 5) is 16.9. The molecule has 21 heavy (non-hydrogen) atoms. The van der Waals surface area contributed by atoms with Crippen LogP contribution in [0.4, 0.5) is 13.2 Å². The Bertz CT molecular complexity index is 478. The zero-order valence-corrected chi connectivity index (χ0v) is 12.6. The van der Waals surface area contributed by atoms with Crippen LogP contribution in [0.25, 0.3) is 0 Å². The smallest absolute Gasteiger partial charge is 0.345 e. The number of hydrogen-bond donors (Lipinski definition) is 0. The number of aryl methyl sites for hydroxylation is 1. The maximum atomic E-state index is 12.1. The molecular weight excluding hydrogens is 287 g/mol. The molecule has 1 rings (SSSR count). The largest absolute Gasteiger partial charge is 0.390 e. The molecule has 0 saturated carbocycles. The van der Waals surface area contributed by atoms with Crippen LogP contribution in [-0.2, 0) is 16.6 Å². The first-order valence-electron chi connectivity index (χ1n) is 6.63. The van der Waals surface area contributed by atoms with Gasteiger partial charge >= 0.3 is 6.18 Å². The summed E-state index contributed by atoms with van der Waals surface area (Å²) in [6.45, 7) is 5.44. The minimum atomic E-state index is -4.26. The normalized spacial score (nSPS) is 12.5. The Morgan fingerprint density at radius 3 is 2.38 bits per heavy atom. The van der Waals surface area contributed by atoms with E-state index in [-0.39, 0.29) is 30.7 Å². The Morgan fingerprint density at radius 1 is 1.29 bits per heavy atom. The van der Waals surface area contributed by atoms with Gasteiger partial charge in [-0.3, -0.25) is 4.79 Å². The van der Waals surface area contributed by atoms with Crippen LogP contribution in [0.3, 0.4) is 0 Å². The number of amides is 1. The molecule has 1 amide bonds. The lowest BCUT2D eigenvalue weighted by Gasteiger charge is -2.17. The number of aromatic nitrogens is 2. The zero-order valence-electron chi connectivity index (χ0n) is 12.6. The summed E-state index contributed by atoms with van der Waals surface area (Å²) in [7, 11) is 1.35.